The summed E-state index contributed by atoms with van der Waals surface area (Å²) in [6, 6.07) is 8.25. The van der Waals surface area contributed by atoms with E-state index in [1.54, 1.807) is 7.11 Å². The zero-order chi connectivity index (χ0) is 9.97. The minimum Gasteiger partial charge on any atom is -0.355 e. The molecule has 14 heavy (non-hydrogen) atoms. The second-order valence-corrected chi connectivity index (χ2v) is 3.36. The van der Waals surface area contributed by atoms with Gasteiger partial charge < -0.3 is 9.47 Å². The average Bonchev–Trinajstić information content (AvgIpc) is 2.27. The van der Waals surface area contributed by atoms with Gasteiger partial charge in [-0.3, -0.25) is 0 Å². The van der Waals surface area contributed by atoms with E-state index in [2.05, 4.69) is 18.7 Å². The minimum atomic E-state index is -0.145. The van der Waals surface area contributed by atoms with Gasteiger partial charge in [0.1, 0.15) is 6.10 Å². The Hall–Kier alpha value is -1.12. The molecule has 0 aromatic heterocycles. The molecule has 1 heterocycles. The smallest absolute Gasteiger partial charge is 0.162 e. The molecule has 2 nitrogen and oxygen atoms in total. The van der Waals surface area contributed by atoms with Crippen LogP contribution in [0, 0.1) is 0 Å². The van der Waals surface area contributed by atoms with Gasteiger partial charge >= 0.3 is 0 Å². The molecule has 0 bridgehead atoms. The summed E-state index contributed by atoms with van der Waals surface area (Å²) in [7, 11) is 1.67. The Labute approximate surface area is 84.2 Å². The van der Waals surface area contributed by atoms with Crippen LogP contribution in [0.3, 0.4) is 0 Å². The van der Waals surface area contributed by atoms with Crippen LogP contribution >= 0.6 is 0 Å². The quantitative estimate of drug-likeness (QED) is 0.667. The summed E-state index contributed by atoms with van der Waals surface area (Å²) in [6.07, 6.45) is 2.44. The summed E-state index contributed by atoms with van der Waals surface area (Å²) in [4.78, 5) is 0. The number of hydrogen-bond donors (Lipinski definition) is 0. The highest BCUT2D eigenvalue weighted by atomic mass is 16.7. The van der Waals surface area contributed by atoms with E-state index < -0.39 is 0 Å². The molecule has 1 aromatic rings. The number of hydrogen-bond acceptors (Lipinski definition) is 2. The first kappa shape index (κ1) is 9.44. The highest BCUT2D eigenvalue weighted by Crippen LogP contribution is 2.30. The Morgan fingerprint density at radius 1 is 1.50 bits per heavy atom. The number of methoxy groups -OCH3 is 1. The molecule has 0 amide bonds. The molecular weight excluding hydrogens is 176 g/mol. The van der Waals surface area contributed by atoms with Crippen LogP contribution in [0.4, 0.5) is 0 Å². The number of rotatable bonds is 2. The lowest BCUT2D eigenvalue weighted by Crippen LogP contribution is -2.26. The van der Waals surface area contributed by atoms with Gasteiger partial charge in [-0.1, -0.05) is 30.3 Å². The average molecular weight is 190 g/mol. The SMILES string of the molecule is C=C[C@H]1O[C@@H](OC)Cc2ccccc21. The number of ether oxygens (including phenoxy) is 2. The van der Waals surface area contributed by atoms with Crippen LogP contribution < -0.4 is 0 Å². The molecular formula is C12H14O2. The van der Waals surface area contributed by atoms with Crippen molar-refractivity contribution in [1.29, 1.82) is 0 Å². The highest BCUT2D eigenvalue weighted by molar-refractivity contribution is 5.33. The molecule has 0 fully saturated rings. The fraction of sp³-hybridized carbons (Fsp3) is 0.333. The van der Waals surface area contributed by atoms with E-state index in [-0.39, 0.29) is 12.4 Å². The molecule has 1 aliphatic rings. The molecule has 0 saturated heterocycles. The van der Waals surface area contributed by atoms with Crippen molar-refractivity contribution in [3.63, 3.8) is 0 Å². The molecule has 2 rings (SSSR count). The van der Waals surface area contributed by atoms with Gasteiger partial charge in [0, 0.05) is 13.5 Å². The third kappa shape index (κ3) is 1.59. The first-order valence-electron chi connectivity index (χ1n) is 4.73. The van der Waals surface area contributed by atoms with Gasteiger partial charge in [0.05, 0.1) is 0 Å². The predicted molar refractivity (Wildman–Crippen MR) is 55.0 cm³/mol. The molecule has 0 saturated carbocycles. The zero-order valence-electron chi connectivity index (χ0n) is 8.27. The van der Waals surface area contributed by atoms with Crippen LogP contribution in [-0.2, 0) is 15.9 Å². The molecule has 0 N–H and O–H groups in total. The van der Waals surface area contributed by atoms with Crippen LogP contribution in [0.1, 0.15) is 17.2 Å². The van der Waals surface area contributed by atoms with Crippen LogP contribution in [0.5, 0.6) is 0 Å². The van der Waals surface area contributed by atoms with Gasteiger partial charge in [0.15, 0.2) is 6.29 Å². The van der Waals surface area contributed by atoms with Gasteiger partial charge in [-0.25, -0.2) is 0 Å². The molecule has 0 aliphatic carbocycles. The summed E-state index contributed by atoms with van der Waals surface area (Å²) in [5, 5.41) is 0. The molecule has 74 valence electrons. The molecule has 1 aliphatic heterocycles. The Morgan fingerprint density at radius 2 is 2.29 bits per heavy atom. The standard InChI is InChI=1S/C12H14O2/c1-3-11-10-7-5-4-6-9(10)8-12(13-2)14-11/h3-7,11-12H,1,8H2,2H3/t11-,12-/m1/s1. The second kappa shape index (κ2) is 3.95. The molecule has 2 atom stereocenters. The molecule has 2 heteroatoms. The van der Waals surface area contributed by atoms with Crippen LogP contribution in [0.15, 0.2) is 36.9 Å². The summed E-state index contributed by atoms with van der Waals surface area (Å²) >= 11 is 0. The lowest BCUT2D eigenvalue weighted by atomic mass is 9.97. The van der Waals surface area contributed by atoms with Gasteiger partial charge in [-0.05, 0) is 11.1 Å². The van der Waals surface area contributed by atoms with Crippen molar-refractivity contribution in [2.45, 2.75) is 18.8 Å². The van der Waals surface area contributed by atoms with Crippen molar-refractivity contribution in [2.75, 3.05) is 7.11 Å². The Kier molecular flexibility index (Phi) is 2.66. The number of benzene rings is 1. The van der Waals surface area contributed by atoms with Crippen molar-refractivity contribution in [3.05, 3.63) is 48.0 Å². The maximum Gasteiger partial charge on any atom is 0.162 e. The lowest BCUT2D eigenvalue weighted by Gasteiger charge is -2.29. The largest absolute Gasteiger partial charge is 0.355 e. The zero-order valence-corrected chi connectivity index (χ0v) is 8.27. The molecule has 0 spiro atoms. The summed E-state index contributed by atoms with van der Waals surface area (Å²) in [6.45, 7) is 3.77. The lowest BCUT2D eigenvalue weighted by molar-refractivity contribution is -0.151. The van der Waals surface area contributed by atoms with Crippen molar-refractivity contribution >= 4 is 0 Å². The Bertz CT molecular complexity index is 333. The van der Waals surface area contributed by atoms with Gasteiger partial charge in [0.2, 0.25) is 0 Å². The van der Waals surface area contributed by atoms with Gasteiger partial charge in [-0.15, -0.1) is 6.58 Å². The van der Waals surface area contributed by atoms with Crippen LogP contribution in [0.2, 0.25) is 0 Å². The van der Waals surface area contributed by atoms with Crippen molar-refractivity contribution in [1.82, 2.24) is 0 Å². The predicted octanol–water partition coefficient (Wildman–Crippen LogP) is 2.46. The van der Waals surface area contributed by atoms with E-state index in [0.717, 1.165) is 6.42 Å². The van der Waals surface area contributed by atoms with E-state index in [4.69, 9.17) is 9.47 Å². The Morgan fingerprint density at radius 3 is 3.00 bits per heavy atom. The topological polar surface area (TPSA) is 18.5 Å². The summed E-state index contributed by atoms with van der Waals surface area (Å²) < 4.78 is 10.9. The first-order valence-corrected chi connectivity index (χ1v) is 4.73. The first-order chi connectivity index (χ1) is 6.85. The van der Waals surface area contributed by atoms with Gasteiger partial charge in [0.25, 0.3) is 0 Å². The van der Waals surface area contributed by atoms with Crippen LogP contribution in [0.25, 0.3) is 0 Å². The number of fused-ring (bicyclic) bond motifs is 1. The van der Waals surface area contributed by atoms with E-state index in [9.17, 15) is 0 Å². The molecule has 1 aromatic carbocycles. The van der Waals surface area contributed by atoms with Crippen LogP contribution in [-0.4, -0.2) is 13.4 Å². The summed E-state index contributed by atoms with van der Waals surface area (Å²) in [5.74, 6) is 0. The molecule has 0 unspecified atom stereocenters. The van der Waals surface area contributed by atoms with Crippen molar-refractivity contribution in [3.8, 4) is 0 Å². The molecule has 0 radical (unpaired) electrons. The minimum absolute atomic E-state index is 0.0371. The van der Waals surface area contributed by atoms with Crippen molar-refractivity contribution < 1.29 is 9.47 Å². The third-order valence-corrected chi connectivity index (χ3v) is 2.52. The third-order valence-electron chi connectivity index (χ3n) is 2.52. The summed E-state index contributed by atoms with van der Waals surface area (Å²) in [5.41, 5.74) is 2.49. The maximum absolute atomic E-state index is 5.67. The maximum atomic E-state index is 5.67. The Balaban J connectivity index is 2.35. The van der Waals surface area contributed by atoms with E-state index in [0.29, 0.717) is 0 Å². The highest BCUT2D eigenvalue weighted by Gasteiger charge is 2.24. The van der Waals surface area contributed by atoms with E-state index >= 15 is 0 Å². The van der Waals surface area contributed by atoms with Crippen molar-refractivity contribution in [2.24, 2.45) is 0 Å². The monoisotopic (exact) mass is 190 g/mol. The van der Waals surface area contributed by atoms with E-state index in [1.165, 1.54) is 11.1 Å². The van der Waals surface area contributed by atoms with Gasteiger partial charge in [-0.2, -0.15) is 0 Å². The fourth-order valence-corrected chi connectivity index (χ4v) is 1.78. The fourth-order valence-electron chi connectivity index (χ4n) is 1.78. The normalized spacial score (nSPS) is 25.5. The second-order valence-electron chi connectivity index (χ2n) is 3.36. The van der Waals surface area contributed by atoms with E-state index in [1.807, 2.05) is 18.2 Å².